The predicted molar refractivity (Wildman–Crippen MR) is 69.7 cm³/mol. The Bertz CT molecular complexity index is 448. The van der Waals surface area contributed by atoms with Gasteiger partial charge in [0.2, 0.25) is 5.91 Å². The molecule has 0 heterocycles. The highest BCUT2D eigenvalue weighted by molar-refractivity contribution is 9.10. The molecule has 0 bridgehead atoms. The van der Waals surface area contributed by atoms with Crippen LogP contribution in [0.5, 0.6) is 0 Å². The maximum Gasteiger partial charge on any atom is 0.312 e. The minimum Gasteiger partial charge on any atom is -0.352 e. The Morgan fingerprint density at radius 2 is 2.06 bits per heavy atom. The number of urea groups is 1. The highest BCUT2D eigenvalue weighted by atomic mass is 79.9. The second-order valence-corrected chi connectivity index (χ2v) is 4.59. The lowest BCUT2D eigenvalue weighted by Gasteiger charge is -2.14. The summed E-state index contributed by atoms with van der Waals surface area (Å²) in [7, 11) is 0. The van der Waals surface area contributed by atoms with Crippen molar-refractivity contribution >= 4 is 33.6 Å². The highest BCUT2D eigenvalue weighted by Crippen LogP contribution is 2.20. The van der Waals surface area contributed by atoms with Gasteiger partial charge in [-0.15, -0.1) is 0 Å². The van der Waals surface area contributed by atoms with Crippen molar-refractivity contribution in [1.82, 2.24) is 5.32 Å². The monoisotopic (exact) mass is 299 g/mol. The van der Waals surface area contributed by atoms with Crippen molar-refractivity contribution in [2.45, 2.75) is 19.9 Å². The Labute approximate surface area is 108 Å². The van der Waals surface area contributed by atoms with Gasteiger partial charge in [0.15, 0.2) is 0 Å². The molecule has 0 saturated heterocycles. The zero-order valence-electron chi connectivity index (χ0n) is 9.58. The fourth-order valence-corrected chi connectivity index (χ4v) is 1.76. The molecule has 0 radical (unpaired) electrons. The van der Waals surface area contributed by atoms with E-state index in [9.17, 15) is 9.59 Å². The lowest BCUT2D eigenvalue weighted by atomic mass is 10.2. The molecule has 3 amide bonds. The summed E-state index contributed by atoms with van der Waals surface area (Å²) in [5, 5.41) is 5.02. The molecular weight excluding hydrogens is 286 g/mol. The van der Waals surface area contributed by atoms with E-state index in [0.717, 1.165) is 10.0 Å². The van der Waals surface area contributed by atoms with E-state index in [1.807, 2.05) is 19.1 Å². The maximum absolute atomic E-state index is 11.7. The van der Waals surface area contributed by atoms with Gasteiger partial charge in [-0.3, -0.25) is 4.79 Å². The van der Waals surface area contributed by atoms with E-state index in [2.05, 4.69) is 26.6 Å². The standard InChI is InChI=1S/C11H14BrN3O2/c1-6-5-8(12)3-4-9(6)15-10(16)7(2)14-11(13)17/h3-5,7H,1-2H3,(H,15,16)(H3,13,14,17). The number of primary amides is 1. The highest BCUT2D eigenvalue weighted by Gasteiger charge is 2.14. The second-order valence-electron chi connectivity index (χ2n) is 3.68. The van der Waals surface area contributed by atoms with E-state index in [1.165, 1.54) is 0 Å². The van der Waals surface area contributed by atoms with Gasteiger partial charge < -0.3 is 16.4 Å². The Morgan fingerprint density at radius 1 is 1.41 bits per heavy atom. The summed E-state index contributed by atoms with van der Waals surface area (Å²) < 4.78 is 0.941. The lowest BCUT2D eigenvalue weighted by molar-refractivity contribution is -0.117. The first-order valence-corrected chi connectivity index (χ1v) is 5.82. The smallest absolute Gasteiger partial charge is 0.312 e. The molecule has 4 N–H and O–H groups in total. The summed E-state index contributed by atoms with van der Waals surface area (Å²) in [4.78, 5) is 22.3. The topological polar surface area (TPSA) is 84.2 Å². The number of aryl methyl sites for hydroxylation is 1. The van der Waals surface area contributed by atoms with Crippen molar-refractivity contribution in [1.29, 1.82) is 0 Å². The van der Waals surface area contributed by atoms with Crippen LogP contribution >= 0.6 is 15.9 Å². The quantitative estimate of drug-likeness (QED) is 0.794. The number of anilines is 1. The van der Waals surface area contributed by atoms with Crippen molar-refractivity contribution in [3.63, 3.8) is 0 Å². The Morgan fingerprint density at radius 3 is 2.59 bits per heavy atom. The van der Waals surface area contributed by atoms with Gasteiger partial charge in [-0.25, -0.2) is 4.79 Å². The van der Waals surface area contributed by atoms with Gasteiger partial charge in [-0.2, -0.15) is 0 Å². The fourth-order valence-electron chi connectivity index (χ4n) is 1.29. The van der Waals surface area contributed by atoms with Gasteiger partial charge in [0.05, 0.1) is 0 Å². The number of benzene rings is 1. The fraction of sp³-hybridized carbons (Fsp3) is 0.273. The first-order valence-electron chi connectivity index (χ1n) is 5.03. The van der Waals surface area contributed by atoms with E-state index in [4.69, 9.17) is 5.73 Å². The average molecular weight is 300 g/mol. The molecule has 1 unspecified atom stereocenters. The SMILES string of the molecule is Cc1cc(Br)ccc1NC(=O)C(C)NC(N)=O. The van der Waals surface area contributed by atoms with Crippen molar-refractivity contribution in [2.75, 3.05) is 5.32 Å². The summed E-state index contributed by atoms with van der Waals surface area (Å²) in [6, 6.07) is 4.11. The van der Waals surface area contributed by atoms with Gasteiger partial charge in [0.1, 0.15) is 6.04 Å². The molecule has 1 aromatic carbocycles. The molecule has 1 atom stereocenters. The molecule has 0 fully saturated rings. The number of carbonyl (C=O) groups is 2. The molecule has 5 nitrogen and oxygen atoms in total. The molecule has 0 aliphatic rings. The van der Waals surface area contributed by atoms with Gasteiger partial charge in [0, 0.05) is 10.2 Å². The van der Waals surface area contributed by atoms with Crippen LogP contribution in [0.4, 0.5) is 10.5 Å². The first-order chi connectivity index (χ1) is 7.90. The molecule has 17 heavy (non-hydrogen) atoms. The van der Waals surface area contributed by atoms with E-state index in [-0.39, 0.29) is 5.91 Å². The summed E-state index contributed by atoms with van der Waals surface area (Å²) in [5.41, 5.74) is 6.57. The number of nitrogens with one attached hydrogen (secondary N) is 2. The Kier molecular flexibility index (Phi) is 4.51. The summed E-state index contributed by atoms with van der Waals surface area (Å²) in [5.74, 6) is -0.311. The number of rotatable bonds is 3. The molecule has 0 aliphatic heterocycles. The van der Waals surface area contributed by atoms with E-state index in [1.54, 1.807) is 13.0 Å². The number of halogens is 1. The minimum absolute atomic E-state index is 0.311. The third kappa shape index (κ3) is 4.07. The molecule has 0 spiro atoms. The van der Waals surface area contributed by atoms with Crippen molar-refractivity contribution in [2.24, 2.45) is 5.73 Å². The van der Waals surface area contributed by atoms with Gasteiger partial charge in [0.25, 0.3) is 0 Å². The predicted octanol–water partition coefficient (Wildman–Crippen LogP) is 1.75. The Balaban J connectivity index is 2.71. The summed E-state index contributed by atoms with van der Waals surface area (Å²) in [6.45, 7) is 3.45. The Hall–Kier alpha value is -1.56. The van der Waals surface area contributed by atoms with Gasteiger partial charge in [-0.1, -0.05) is 15.9 Å². The van der Waals surface area contributed by atoms with Crippen LogP contribution in [0.25, 0.3) is 0 Å². The number of carbonyl (C=O) groups excluding carboxylic acids is 2. The van der Waals surface area contributed by atoms with Crippen LogP contribution in [0, 0.1) is 6.92 Å². The maximum atomic E-state index is 11.7. The van der Waals surface area contributed by atoms with Gasteiger partial charge in [-0.05, 0) is 37.6 Å². The first kappa shape index (κ1) is 13.5. The van der Waals surface area contributed by atoms with Crippen molar-refractivity contribution in [3.8, 4) is 0 Å². The van der Waals surface area contributed by atoms with Gasteiger partial charge >= 0.3 is 6.03 Å². The average Bonchev–Trinajstić information content (AvgIpc) is 2.21. The number of hydrogen-bond donors (Lipinski definition) is 3. The largest absolute Gasteiger partial charge is 0.352 e. The lowest BCUT2D eigenvalue weighted by Crippen LogP contribution is -2.44. The molecular formula is C11H14BrN3O2. The number of hydrogen-bond acceptors (Lipinski definition) is 2. The minimum atomic E-state index is -0.722. The van der Waals surface area contributed by atoms with Crippen molar-refractivity contribution < 1.29 is 9.59 Å². The molecule has 92 valence electrons. The molecule has 1 aromatic rings. The number of amides is 3. The molecule has 0 saturated carbocycles. The van der Waals surface area contributed by atoms with E-state index in [0.29, 0.717) is 5.69 Å². The van der Waals surface area contributed by atoms with E-state index >= 15 is 0 Å². The third-order valence-electron chi connectivity index (χ3n) is 2.20. The van der Waals surface area contributed by atoms with Crippen LogP contribution in [-0.2, 0) is 4.79 Å². The zero-order valence-corrected chi connectivity index (χ0v) is 11.2. The van der Waals surface area contributed by atoms with Crippen LogP contribution in [0.1, 0.15) is 12.5 Å². The summed E-state index contributed by atoms with van der Waals surface area (Å²) in [6.07, 6.45) is 0. The van der Waals surface area contributed by atoms with E-state index < -0.39 is 12.1 Å². The van der Waals surface area contributed by atoms with Crippen LogP contribution < -0.4 is 16.4 Å². The summed E-state index contributed by atoms with van der Waals surface area (Å²) >= 11 is 3.34. The number of nitrogens with two attached hydrogens (primary N) is 1. The van der Waals surface area contributed by atoms with Crippen LogP contribution in [0.3, 0.4) is 0 Å². The van der Waals surface area contributed by atoms with Crippen LogP contribution in [0.2, 0.25) is 0 Å². The normalized spacial score (nSPS) is 11.7. The van der Waals surface area contributed by atoms with Crippen LogP contribution in [-0.4, -0.2) is 18.0 Å². The zero-order chi connectivity index (χ0) is 13.0. The molecule has 0 aliphatic carbocycles. The molecule has 0 aromatic heterocycles. The molecule has 6 heteroatoms. The van der Waals surface area contributed by atoms with Crippen LogP contribution in [0.15, 0.2) is 22.7 Å². The third-order valence-corrected chi connectivity index (χ3v) is 2.69. The van der Waals surface area contributed by atoms with Crippen molar-refractivity contribution in [3.05, 3.63) is 28.2 Å². The molecule has 1 rings (SSSR count). The second kappa shape index (κ2) is 5.67.